The highest BCUT2D eigenvalue weighted by molar-refractivity contribution is 7.92. The first-order valence-electron chi connectivity index (χ1n) is 7.32. The predicted molar refractivity (Wildman–Crippen MR) is 86.2 cm³/mol. The quantitative estimate of drug-likeness (QED) is 0.777. The Morgan fingerprint density at radius 3 is 2.60 bits per heavy atom. The van der Waals surface area contributed by atoms with Gasteiger partial charge < -0.3 is 5.11 Å². The number of nitrogens with one attached hydrogen (secondary N) is 1. The van der Waals surface area contributed by atoms with E-state index in [4.69, 9.17) is 5.11 Å². The maximum absolute atomic E-state index is 13.1. The Morgan fingerprint density at radius 2 is 2.04 bits per heavy atom. The summed E-state index contributed by atoms with van der Waals surface area (Å²) in [5.41, 5.74) is -1.25. The minimum absolute atomic E-state index is 0.127. The van der Waals surface area contributed by atoms with Crippen molar-refractivity contribution in [3.63, 3.8) is 0 Å². The average Bonchev–Trinajstić information content (AvgIpc) is 2.88. The van der Waals surface area contributed by atoms with Crippen molar-refractivity contribution in [3.8, 4) is 0 Å². The Hall–Kier alpha value is -2.49. The maximum atomic E-state index is 13.1. The largest absolute Gasteiger partial charge is 0.478 e. The van der Waals surface area contributed by atoms with E-state index in [1.54, 1.807) is 0 Å². The van der Waals surface area contributed by atoms with Crippen LogP contribution in [0.25, 0.3) is 0 Å². The molecule has 136 valence electrons. The Labute approximate surface area is 143 Å². The molecule has 0 aliphatic rings. The topological polar surface area (TPSA) is 101 Å². The smallest absolute Gasteiger partial charge is 0.335 e. The van der Waals surface area contributed by atoms with Crippen LogP contribution in [0.3, 0.4) is 0 Å². The van der Waals surface area contributed by atoms with E-state index in [1.807, 2.05) is 13.8 Å². The molecule has 1 aromatic heterocycles. The molecule has 25 heavy (non-hydrogen) atoms. The fourth-order valence-corrected chi connectivity index (χ4v) is 3.25. The first kappa shape index (κ1) is 18.8. The molecule has 0 saturated carbocycles. The number of rotatable bonds is 7. The van der Waals surface area contributed by atoms with E-state index in [2.05, 4.69) is 9.82 Å². The number of nitrogens with zero attached hydrogens (tertiary/aromatic N) is 2. The fourth-order valence-electron chi connectivity index (χ4n) is 2.14. The van der Waals surface area contributed by atoms with Gasteiger partial charge in [0.05, 0.1) is 16.1 Å². The number of sulfonamides is 1. The third kappa shape index (κ3) is 4.53. The van der Waals surface area contributed by atoms with Crippen LogP contribution in [0.1, 0.15) is 36.3 Å². The Balaban J connectivity index is 2.38. The second-order valence-electron chi connectivity index (χ2n) is 5.78. The van der Waals surface area contributed by atoms with Gasteiger partial charge in [0.15, 0.2) is 5.69 Å². The van der Waals surface area contributed by atoms with E-state index in [-0.39, 0.29) is 22.1 Å². The molecule has 0 spiro atoms. The Bertz CT molecular complexity index is 879. The lowest BCUT2D eigenvalue weighted by molar-refractivity contribution is 0.0696. The van der Waals surface area contributed by atoms with E-state index in [1.165, 1.54) is 29.1 Å². The molecular formula is C15H17F2N3O4S. The number of carboxylic acids is 1. The highest BCUT2D eigenvalue weighted by Crippen LogP contribution is 2.28. The van der Waals surface area contributed by atoms with Gasteiger partial charge in [-0.15, -0.1) is 0 Å². The predicted octanol–water partition coefficient (Wildman–Crippen LogP) is 2.98. The van der Waals surface area contributed by atoms with Crippen molar-refractivity contribution in [3.05, 3.63) is 41.7 Å². The molecule has 2 N–H and O–H groups in total. The van der Waals surface area contributed by atoms with Crippen molar-refractivity contribution < 1.29 is 27.1 Å². The van der Waals surface area contributed by atoms with Gasteiger partial charge in [0, 0.05) is 12.7 Å². The van der Waals surface area contributed by atoms with Crippen LogP contribution in [0.5, 0.6) is 0 Å². The zero-order chi connectivity index (χ0) is 18.8. The van der Waals surface area contributed by atoms with Crippen molar-refractivity contribution in [2.24, 2.45) is 5.92 Å². The molecule has 0 atom stereocenters. The summed E-state index contributed by atoms with van der Waals surface area (Å²) in [4.78, 5) is 10.6. The molecule has 0 radical (unpaired) electrons. The van der Waals surface area contributed by atoms with Crippen LogP contribution in [-0.4, -0.2) is 29.3 Å². The third-order valence-corrected chi connectivity index (χ3v) is 4.55. The van der Waals surface area contributed by atoms with Crippen molar-refractivity contribution in [1.82, 2.24) is 9.78 Å². The number of hydrogen-bond donors (Lipinski definition) is 2. The second-order valence-corrected chi connectivity index (χ2v) is 7.47. The van der Waals surface area contributed by atoms with Crippen LogP contribution in [0.4, 0.5) is 14.5 Å². The molecule has 0 bridgehead atoms. The molecular weight excluding hydrogens is 356 g/mol. The lowest BCUT2D eigenvalue weighted by Crippen LogP contribution is -2.14. The molecule has 1 heterocycles. The number of carbonyl (C=O) groups is 1. The number of alkyl halides is 2. The molecule has 2 aromatic rings. The molecule has 0 aliphatic heterocycles. The number of aromatic nitrogens is 2. The SMILES string of the molecule is CC(C)Cn1cc(NS(=O)(=O)c2cccc(C(=O)O)c2)c(C(F)F)n1. The highest BCUT2D eigenvalue weighted by Gasteiger charge is 2.24. The van der Waals surface area contributed by atoms with Crippen LogP contribution in [0.2, 0.25) is 0 Å². The van der Waals surface area contributed by atoms with Crippen molar-refractivity contribution in [2.75, 3.05) is 4.72 Å². The Morgan fingerprint density at radius 1 is 1.36 bits per heavy atom. The molecule has 0 fully saturated rings. The molecule has 0 aliphatic carbocycles. The van der Waals surface area contributed by atoms with E-state index >= 15 is 0 Å². The van der Waals surface area contributed by atoms with Crippen molar-refractivity contribution >= 4 is 21.7 Å². The molecule has 0 saturated heterocycles. The highest BCUT2D eigenvalue weighted by atomic mass is 32.2. The van der Waals surface area contributed by atoms with E-state index in [0.29, 0.717) is 6.54 Å². The summed E-state index contributed by atoms with van der Waals surface area (Å²) < 4.78 is 54.4. The monoisotopic (exact) mass is 373 g/mol. The van der Waals surface area contributed by atoms with Gasteiger partial charge in [0.2, 0.25) is 0 Å². The summed E-state index contributed by atoms with van der Waals surface area (Å²) in [5, 5.41) is 12.7. The van der Waals surface area contributed by atoms with Crippen LogP contribution >= 0.6 is 0 Å². The normalized spacial score (nSPS) is 11.9. The molecule has 2 rings (SSSR count). The zero-order valence-corrected chi connectivity index (χ0v) is 14.3. The lowest BCUT2D eigenvalue weighted by Gasteiger charge is -2.08. The minimum Gasteiger partial charge on any atom is -0.478 e. The molecule has 1 aromatic carbocycles. The minimum atomic E-state index is -4.24. The van der Waals surface area contributed by atoms with Crippen LogP contribution in [-0.2, 0) is 16.6 Å². The number of aromatic carboxylic acids is 1. The van der Waals surface area contributed by atoms with Crippen molar-refractivity contribution in [1.29, 1.82) is 0 Å². The Kier molecular flexibility index (Phi) is 5.41. The molecule has 0 amide bonds. The van der Waals surface area contributed by atoms with Gasteiger partial charge in [0.1, 0.15) is 0 Å². The van der Waals surface area contributed by atoms with E-state index < -0.39 is 28.1 Å². The van der Waals surface area contributed by atoms with Gasteiger partial charge in [-0.3, -0.25) is 9.40 Å². The van der Waals surface area contributed by atoms with Crippen LogP contribution in [0, 0.1) is 5.92 Å². The summed E-state index contributed by atoms with van der Waals surface area (Å²) in [5.74, 6) is -1.17. The summed E-state index contributed by atoms with van der Waals surface area (Å²) in [6, 6.07) is 4.61. The lowest BCUT2D eigenvalue weighted by atomic mass is 10.2. The van der Waals surface area contributed by atoms with Crippen LogP contribution < -0.4 is 4.72 Å². The van der Waals surface area contributed by atoms with Gasteiger partial charge in [-0.25, -0.2) is 22.0 Å². The zero-order valence-electron chi connectivity index (χ0n) is 13.5. The molecule has 7 nitrogen and oxygen atoms in total. The third-order valence-electron chi connectivity index (χ3n) is 3.18. The first-order chi connectivity index (χ1) is 11.6. The number of anilines is 1. The first-order valence-corrected chi connectivity index (χ1v) is 8.80. The van der Waals surface area contributed by atoms with Gasteiger partial charge in [0.25, 0.3) is 16.4 Å². The number of carboxylic acid groups (broad SMARTS) is 1. The number of hydrogen-bond acceptors (Lipinski definition) is 4. The van der Waals surface area contributed by atoms with Gasteiger partial charge in [-0.2, -0.15) is 5.10 Å². The molecule has 0 unspecified atom stereocenters. The maximum Gasteiger partial charge on any atom is 0.335 e. The van der Waals surface area contributed by atoms with Gasteiger partial charge in [-0.05, 0) is 24.1 Å². The van der Waals surface area contributed by atoms with Gasteiger partial charge >= 0.3 is 5.97 Å². The summed E-state index contributed by atoms with van der Waals surface area (Å²) >= 11 is 0. The summed E-state index contributed by atoms with van der Waals surface area (Å²) in [6.45, 7) is 4.08. The summed E-state index contributed by atoms with van der Waals surface area (Å²) in [7, 11) is -4.24. The number of halogens is 2. The number of benzene rings is 1. The summed E-state index contributed by atoms with van der Waals surface area (Å²) in [6.07, 6.45) is -1.77. The fraction of sp³-hybridized carbons (Fsp3) is 0.333. The van der Waals surface area contributed by atoms with E-state index in [9.17, 15) is 22.0 Å². The van der Waals surface area contributed by atoms with E-state index in [0.717, 1.165) is 6.07 Å². The average molecular weight is 373 g/mol. The second kappa shape index (κ2) is 7.18. The van der Waals surface area contributed by atoms with Crippen molar-refractivity contribution in [2.45, 2.75) is 31.7 Å². The van der Waals surface area contributed by atoms with Crippen LogP contribution in [0.15, 0.2) is 35.4 Å². The molecule has 10 heteroatoms. The standard InChI is InChI=1S/C15H17F2N3O4S/c1-9(2)7-20-8-12(13(18-20)14(16)17)19-25(23,24)11-5-3-4-10(6-11)15(21)22/h3-6,8-9,14,19H,7H2,1-2H3,(H,21,22). The van der Waals surface area contributed by atoms with Gasteiger partial charge in [-0.1, -0.05) is 19.9 Å².